The Morgan fingerprint density at radius 3 is 1.28 bits per heavy atom. The van der Waals surface area contributed by atoms with Crippen LogP contribution in [-0.2, 0) is 32.7 Å². The normalized spacial score (nSPS) is 21.3. The molecule has 0 amide bonds. The molecule has 400 valence electrons. The molecule has 0 aliphatic heterocycles. The number of carbonyl (C=O) groups is 2. The van der Waals surface area contributed by atoms with Crippen LogP contribution >= 0.6 is 7.82 Å². The van der Waals surface area contributed by atoms with Gasteiger partial charge in [-0.3, -0.25) is 18.6 Å². The van der Waals surface area contributed by atoms with E-state index in [9.17, 15) is 44.6 Å². The minimum Gasteiger partial charge on any atom is -0.462 e. The largest absolute Gasteiger partial charge is 0.472 e. The predicted octanol–water partition coefficient (Wildman–Crippen LogP) is 12.1. The van der Waals surface area contributed by atoms with Gasteiger partial charge in [-0.25, -0.2) is 4.57 Å². The van der Waals surface area contributed by atoms with E-state index in [4.69, 9.17) is 18.5 Å². The fourth-order valence-electron chi connectivity index (χ4n) is 8.04. The highest BCUT2D eigenvalue weighted by atomic mass is 31.2. The fourth-order valence-corrected chi connectivity index (χ4v) is 9.01. The van der Waals surface area contributed by atoms with Crippen molar-refractivity contribution in [1.82, 2.24) is 0 Å². The van der Waals surface area contributed by atoms with E-state index in [1.807, 2.05) is 0 Å². The van der Waals surface area contributed by atoms with Gasteiger partial charge >= 0.3 is 19.8 Å². The van der Waals surface area contributed by atoms with Crippen molar-refractivity contribution in [1.29, 1.82) is 0 Å². The van der Waals surface area contributed by atoms with Crippen molar-refractivity contribution in [3.63, 3.8) is 0 Å². The average molecular weight is 997 g/mol. The number of ether oxygens (including phenoxy) is 2. The van der Waals surface area contributed by atoms with E-state index in [0.29, 0.717) is 12.8 Å². The third-order valence-electron chi connectivity index (χ3n) is 12.3. The molecule has 13 nitrogen and oxygen atoms in total. The number of hydrogen-bond acceptors (Lipinski definition) is 12. The van der Waals surface area contributed by atoms with E-state index >= 15 is 0 Å². The van der Waals surface area contributed by atoms with Gasteiger partial charge in [0.2, 0.25) is 0 Å². The highest BCUT2D eigenvalue weighted by molar-refractivity contribution is 7.47. The van der Waals surface area contributed by atoms with Gasteiger partial charge in [-0.1, -0.05) is 190 Å². The SMILES string of the molecule is CC/C=C\C/C=C\C/C=C\C/C=C\CCCCCCCCCCC(=O)OC(COC(=O)CCCCCCCCCCC/C=C\CCCCCCCC)COP(=O)(O)OC1C(O)C(O)C(O)C(O)C1O. The summed E-state index contributed by atoms with van der Waals surface area (Å²) in [6.45, 7) is 3.20. The van der Waals surface area contributed by atoms with Crippen LogP contribution in [0.1, 0.15) is 219 Å². The quantitative estimate of drug-likeness (QED) is 0.0145. The number of unbranched alkanes of at least 4 members (excludes halogenated alkanes) is 23. The summed E-state index contributed by atoms with van der Waals surface area (Å²) in [5.41, 5.74) is 0. The third kappa shape index (κ3) is 36.2. The molecule has 14 heteroatoms. The van der Waals surface area contributed by atoms with Crippen molar-refractivity contribution in [2.75, 3.05) is 13.2 Å². The highest BCUT2D eigenvalue weighted by Crippen LogP contribution is 2.47. The average Bonchev–Trinajstić information content (AvgIpc) is 3.33. The smallest absolute Gasteiger partial charge is 0.462 e. The molecular formula is C55H97O13P. The summed E-state index contributed by atoms with van der Waals surface area (Å²) in [5, 5.41) is 50.3. The van der Waals surface area contributed by atoms with Crippen LogP contribution in [0.4, 0.5) is 0 Å². The molecule has 0 aromatic rings. The van der Waals surface area contributed by atoms with E-state index in [1.165, 1.54) is 83.5 Å². The number of carbonyl (C=O) groups excluding carboxylic acids is 2. The molecule has 6 N–H and O–H groups in total. The first-order chi connectivity index (χ1) is 33.4. The van der Waals surface area contributed by atoms with Gasteiger partial charge in [0.1, 0.15) is 43.2 Å². The Labute approximate surface area is 417 Å². The lowest BCUT2D eigenvalue weighted by atomic mass is 9.85. The summed E-state index contributed by atoms with van der Waals surface area (Å²) in [7, 11) is -5.13. The molecule has 0 bridgehead atoms. The Morgan fingerprint density at radius 2 is 0.826 bits per heavy atom. The molecule has 69 heavy (non-hydrogen) atoms. The lowest BCUT2D eigenvalue weighted by Crippen LogP contribution is -2.64. The fraction of sp³-hybridized carbons (Fsp3) is 0.782. The Morgan fingerprint density at radius 1 is 0.464 bits per heavy atom. The molecular weight excluding hydrogens is 900 g/mol. The van der Waals surface area contributed by atoms with E-state index in [1.54, 1.807) is 0 Å². The molecule has 1 rings (SSSR count). The van der Waals surface area contributed by atoms with E-state index in [0.717, 1.165) is 96.3 Å². The van der Waals surface area contributed by atoms with Crippen molar-refractivity contribution in [3.8, 4) is 0 Å². The van der Waals surface area contributed by atoms with Crippen molar-refractivity contribution in [2.45, 2.75) is 262 Å². The first kappa shape index (κ1) is 64.6. The van der Waals surface area contributed by atoms with Crippen LogP contribution in [-0.4, -0.2) is 98.3 Å². The third-order valence-corrected chi connectivity index (χ3v) is 13.3. The first-order valence-corrected chi connectivity index (χ1v) is 28.6. The van der Waals surface area contributed by atoms with Gasteiger partial charge in [-0.15, -0.1) is 0 Å². The molecule has 0 spiro atoms. The number of hydrogen-bond donors (Lipinski definition) is 6. The molecule has 1 fully saturated rings. The zero-order valence-corrected chi connectivity index (χ0v) is 43.7. The van der Waals surface area contributed by atoms with Gasteiger partial charge in [0, 0.05) is 12.8 Å². The van der Waals surface area contributed by atoms with Crippen LogP contribution in [0.25, 0.3) is 0 Å². The summed E-state index contributed by atoms with van der Waals surface area (Å²) in [4.78, 5) is 35.9. The number of allylic oxidation sites excluding steroid dienone is 10. The molecule has 1 saturated carbocycles. The minimum absolute atomic E-state index is 0.0852. The topological polar surface area (TPSA) is 210 Å². The molecule has 0 aromatic heterocycles. The van der Waals surface area contributed by atoms with Crippen molar-refractivity contribution in [3.05, 3.63) is 60.8 Å². The Bertz CT molecular complexity index is 1430. The molecule has 1 aliphatic carbocycles. The maximum Gasteiger partial charge on any atom is 0.472 e. The van der Waals surface area contributed by atoms with E-state index < -0.39 is 75.7 Å². The summed E-state index contributed by atoms with van der Waals surface area (Å²) in [5.74, 6) is -1.11. The van der Waals surface area contributed by atoms with Crippen molar-refractivity contribution >= 4 is 19.8 Å². The number of esters is 2. The molecule has 0 radical (unpaired) electrons. The molecule has 0 saturated heterocycles. The minimum atomic E-state index is -5.13. The number of aliphatic hydroxyl groups is 5. The monoisotopic (exact) mass is 997 g/mol. The molecule has 6 atom stereocenters. The lowest BCUT2D eigenvalue weighted by molar-refractivity contribution is -0.220. The summed E-state index contributed by atoms with van der Waals surface area (Å²) < 4.78 is 33.7. The zero-order valence-electron chi connectivity index (χ0n) is 42.8. The van der Waals surface area contributed by atoms with Gasteiger partial charge in [0.15, 0.2) is 6.10 Å². The number of phosphoric ester groups is 1. The molecule has 0 heterocycles. The van der Waals surface area contributed by atoms with Crippen LogP contribution in [0.15, 0.2) is 60.8 Å². The summed E-state index contributed by atoms with van der Waals surface area (Å²) in [6, 6.07) is 0. The van der Waals surface area contributed by atoms with Gasteiger partial charge in [0.05, 0.1) is 6.61 Å². The van der Waals surface area contributed by atoms with Crippen LogP contribution in [0, 0.1) is 0 Å². The van der Waals surface area contributed by atoms with E-state index in [2.05, 4.69) is 74.6 Å². The van der Waals surface area contributed by atoms with E-state index in [-0.39, 0.29) is 12.8 Å². The van der Waals surface area contributed by atoms with Crippen LogP contribution in [0.2, 0.25) is 0 Å². The zero-order chi connectivity index (χ0) is 50.6. The first-order valence-electron chi connectivity index (χ1n) is 27.1. The number of rotatable bonds is 45. The second-order valence-electron chi connectivity index (χ2n) is 18.7. The maximum absolute atomic E-state index is 12.9. The summed E-state index contributed by atoms with van der Waals surface area (Å²) >= 11 is 0. The highest BCUT2D eigenvalue weighted by Gasteiger charge is 2.51. The lowest BCUT2D eigenvalue weighted by Gasteiger charge is -2.41. The number of aliphatic hydroxyl groups excluding tert-OH is 5. The van der Waals surface area contributed by atoms with Crippen molar-refractivity contribution in [2.24, 2.45) is 0 Å². The standard InChI is InChI=1S/C55H97O13P/c1-3-5-7-9-11-13-15-17-19-21-23-24-26-28-30-32-34-36-38-40-42-44-49(57)67-47(46-66-69(63,64)68-55-53(61)51(59)50(58)52(60)54(55)62)45-65-48(56)43-41-39-37-35-33-31-29-27-25-22-20-18-16-14-12-10-8-6-4-2/h5,7,11,13,17-20,23-24,47,50-55,58-62H,3-4,6,8-10,12,14-16,21-22,25-46H2,1-2H3,(H,63,64)/b7-5-,13-11-,19-17-,20-18-,24-23-. The van der Waals surface area contributed by atoms with Gasteiger partial charge in [0.25, 0.3) is 0 Å². The van der Waals surface area contributed by atoms with Crippen LogP contribution < -0.4 is 0 Å². The second kappa shape index (κ2) is 44.3. The Kier molecular flexibility index (Phi) is 41.4. The molecule has 6 unspecified atom stereocenters. The van der Waals surface area contributed by atoms with Gasteiger partial charge < -0.3 is 39.9 Å². The summed E-state index contributed by atoms with van der Waals surface area (Å²) in [6.07, 6.45) is 42.6. The molecule has 1 aliphatic rings. The second-order valence-corrected chi connectivity index (χ2v) is 20.1. The Hall–Kier alpha value is -2.45. The van der Waals surface area contributed by atoms with Crippen molar-refractivity contribution < 1.29 is 63.1 Å². The molecule has 0 aromatic carbocycles. The number of phosphoric acid groups is 1. The maximum atomic E-state index is 12.9. The van der Waals surface area contributed by atoms with Gasteiger partial charge in [-0.2, -0.15) is 0 Å². The van der Waals surface area contributed by atoms with Crippen LogP contribution in [0.5, 0.6) is 0 Å². The predicted molar refractivity (Wildman–Crippen MR) is 276 cm³/mol. The van der Waals surface area contributed by atoms with Gasteiger partial charge in [-0.05, 0) is 77.0 Å². The van der Waals surface area contributed by atoms with Crippen LogP contribution in [0.3, 0.4) is 0 Å². The Balaban J connectivity index is 2.38.